The number of nitrogens with one attached hydrogen (secondary N) is 1. The highest BCUT2D eigenvalue weighted by Gasteiger charge is 2.62. The summed E-state index contributed by atoms with van der Waals surface area (Å²) in [6.45, 7) is 9.62. The van der Waals surface area contributed by atoms with Crippen molar-refractivity contribution in [2.75, 3.05) is 24.7 Å². The van der Waals surface area contributed by atoms with Crippen molar-refractivity contribution >= 4 is 23.7 Å². The van der Waals surface area contributed by atoms with Gasteiger partial charge in [0.15, 0.2) is 5.82 Å². The molecule has 0 radical (unpaired) electrons. The molecule has 7 rings (SSSR count). The summed E-state index contributed by atoms with van der Waals surface area (Å²) in [6, 6.07) is 8.71. The van der Waals surface area contributed by atoms with Gasteiger partial charge in [0.05, 0.1) is 24.2 Å². The van der Waals surface area contributed by atoms with Crippen molar-refractivity contribution < 1.29 is 27.4 Å². The number of rotatable bonds is 5. The third-order valence-corrected chi connectivity index (χ3v) is 9.40. The quantitative estimate of drug-likeness (QED) is 0.287. The van der Waals surface area contributed by atoms with Crippen LogP contribution in [0.1, 0.15) is 83.0 Å². The summed E-state index contributed by atoms with van der Waals surface area (Å²) in [5, 5.41) is 4.42. The number of fused-ring (bicyclic) bond motifs is 8. The molecular weight excluding hydrogens is 605 g/mol. The lowest BCUT2D eigenvalue weighted by molar-refractivity contribution is -0.190. The van der Waals surface area contributed by atoms with E-state index in [-0.39, 0.29) is 43.2 Å². The predicted octanol–water partition coefficient (Wildman–Crippen LogP) is 7.40. The van der Waals surface area contributed by atoms with Gasteiger partial charge in [-0.15, -0.1) is 5.10 Å². The van der Waals surface area contributed by atoms with Crippen molar-refractivity contribution in [1.29, 1.82) is 0 Å². The molecule has 4 bridgehead atoms. The number of hydrogen-bond donors (Lipinski definition) is 1. The molecule has 6 heterocycles. The van der Waals surface area contributed by atoms with E-state index in [4.69, 9.17) is 14.5 Å². The number of carbonyl (C=O) groups is 1. The monoisotopic (exact) mass is 646 g/mol. The number of hydrogen-bond acceptors (Lipinski definition) is 8. The van der Waals surface area contributed by atoms with Gasteiger partial charge in [-0.1, -0.05) is 13.8 Å². The van der Waals surface area contributed by atoms with Crippen LogP contribution in [0.5, 0.6) is 11.8 Å². The first-order chi connectivity index (χ1) is 21.5. The summed E-state index contributed by atoms with van der Waals surface area (Å²) in [7, 11) is 0. The maximum atomic E-state index is 13.5. The van der Waals surface area contributed by atoms with Crippen LogP contribution in [0.2, 0.25) is 0 Å². The summed E-state index contributed by atoms with van der Waals surface area (Å²) < 4.78 is 55.6. The second kappa shape index (κ2) is 13.5. The Balaban J connectivity index is 0.00000196. The molecule has 13 heteroatoms. The second-order valence-electron chi connectivity index (χ2n) is 12.2. The molecule has 1 aliphatic carbocycles. The first kappa shape index (κ1) is 32.9. The number of anilines is 1. The van der Waals surface area contributed by atoms with E-state index >= 15 is 0 Å². The number of pyridine rings is 2. The summed E-state index contributed by atoms with van der Waals surface area (Å²) in [5.74, 6) is 1.96. The highest BCUT2D eigenvalue weighted by atomic mass is 32.2. The first-order valence-corrected chi connectivity index (χ1v) is 16.5. The summed E-state index contributed by atoms with van der Waals surface area (Å²) >= 11 is 1.17. The van der Waals surface area contributed by atoms with E-state index in [0.29, 0.717) is 35.6 Å². The molecule has 1 amide bonds. The van der Waals surface area contributed by atoms with Crippen LogP contribution in [-0.2, 0) is 0 Å². The van der Waals surface area contributed by atoms with Crippen molar-refractivity contribution in [3.63, 3.8) is 0 Å². The Hall–Kier alpha value is -3.48. The normalized spacial score (nSPS) is 20.6. The minimum atomic E-state index is -4.21. The fourth-order valence-electron chi connectivity index (χ4n) is 5.98. The third-order valence-electron chi connectivity index (χ3n) is 8.63. The Labute approximate surface area is 266 Å². The maximum absolute atomic E-state index is 13.5. The van der Waals surface area contributed by atoms with E-state index < -0.39 is 11.6 Å². The minimum absolute atomic E-state index is 0.0697. The Morgan fingerprint density at radius 3 is 2.64 bits per heavy atom. The summed E-state index contributed by atoms with van der Waals surface area (Å²) in [6.07, 6.45) is 3.24. The zero-order chi connectivity index (χ0) is 32.2. The maximum Gasteiger partial charge on any atom is 0.394 e. The highest BCUT2D eigenvalue weighted by Crippen LogP contribution is 2.59. The standard InChI is InChI=1S/C30H35F3N6O3S.C2H6/c1-28(2)17-20-5-3-4-15-41-24-9-6-21(18-34-24)43-37-27(40)22-7-8-23(35-26(22)38(28)19-20)39-14-10-25(36-39)42-16-13-29(11-12-29)30(31,32)33;1-2/h6-10,14,18,20H,3-5,11-13,15-17,19H2,1-2H3,(H,37,40);1-2H3. The number of aromatic nitrogens is 4. The largest absolute Gasteiger partial charge is 0.478 e. The van der Waals surface area contributed by atoms with Crippen molar-refractivity contribution in [3.05, 3.63) is 48.3 Å². The topological polar surface area (TPSA) is 94.4 Å². The van der Waals surface area contributed by atoms with Crippen LogP contribution in [0.4, 0.5) is 19.0 Å². The predicted molar refractivity (Wildman–Crippen MR) is 167 cm³/mol. The lowest BCUT2D eigenvalue weighted by atomic mass is 9.93. The van der Waals surface area contributed by atoms with Crippen molar-refractivity contribution in [2.24, 2.45) is 11.3 Å². The number of halogens is 3. The number of nitrogens with zero attached hydrogens (tertiary/aromatic N) is 5. The molecule has 3 aromatic heterocycles. The number of carbonyl (C=O) groups excluding carboxylic acids is 1. The van der Waals surface area contributed by atoms with Gasteiger partial charge < -0.3 is 14.4 Å². The van der Waals surface area contributed by atoms with E-state index in [0.717, 1.165) is 37.1 Å². The third kappa shape index (κ3) is 7.50. The molecular formula is C32H41F3N6O3S. The van der Waals surface area contributed by atoms with Gasteiger partial charge in [-0.2, -0.15) is 13.2 Å². The Morgan fingerprint density at radius 1 is 1.13 bits per heavy atom. The van der Waals surface area contributed by atoms with Gasteiger partial charge in [0, 0.05) is 41.5 Å². The average Bonchev–Trinajstić information content (AvgIpc) is 3.57. The Kier molecular flexibility index (Phi) is 9.85. The van der Waals surface area contributed by atoms with Gasteiger partial charge in [-0.05, 0) is 94.9 Å². The summed E-state index contributed by atoms with van der Waals surface area (Å²) in [4.78, 5) is 25.8. The van der Waals surface area contributed by atoms with Crippen LogP contribution in [-0.4, -0.2) is 57.1 Å². The molecule has 1 saturated heterocycles. The smallest absolute Gasteiger partial charge is 0.394 e. The fourth-order valence-corrected chi connectivity index (χ4v) is 6.54. The second-order valence-corrected chi connectivity index (χ2v) is 13.1. The molecule has 0 spiro atoms. The average molecular weight is 647 g/mol. The lowest BCUT2D eigenvalue weighted by Crippen LogP contribution is -2.40. The molecule has 3 aliphatic heterocycles. The van der Waals surface area contributed by atoms with Gasteiger partial charge in [0.25, 0.3) is 5.91 Å². The highest BCUT2D eigenvalue weighted by molar-refractivity contribution is 7.98. The van der Waals surface area contributed by atoms with Crippen LogP contribution in [0.3, 0.4) is 0 Å². The van der Waals surface area contributed by atoms with E-state index in [1.807, 2.05) is 19.9 Å². The molecule has 4 aliphatic rings. The van der Waals surface area contributed by atoms with Crippen LogP contribution < -0.4 is 19.1 Å². The zero-order valence-corrected chi connectivity index (χ0v) is 27.0. The molecule has 1 atom stereocenters. The molecule has 45 heavy (non-hydrogen) atoms. The SMILES string of the molecule is CC.CC1(C)CC2CCCCOc3ccc(cn3)SNC(=O)c3ccc(-n4ccc(OCCC5(C(F)(F)F)CC5)n4)nc3N1C2. The molecule has 244 valence electrons. The molecule has 3 aromatic rings. The van der Waals surface area contributed by atoms with E-state index in [9.17, 15) is 18.0 Å². The van der Waals surface area contributed by atoms with Crippen LogP contribution in [0, 0.1) is 11.3 Å². The molecule has 2 fully saturated rings. The zero-order valence-electron chi connectivity index (χ0n) is 26.2. The van der Waals surface area contributed by atoms with E-state index in [1.54, 1.807) is 36.7 Å². The van der Waals surface area contributed by atoms with Crippen LogP contribution >= 0.6 is 11.9 Å². The summed E-state index contributed by atoms with van der Waals surface area (Å²) in [5.41, 5.74) is -1.42. The molecule has 1 unspecified atom stereocenters. The van der Waals surface area contributed by atoms with Crippen molar-refractivity contribution in [2.45, 2.75) is 89.3 Å². The molecule has 0 aromatic carbocycles. The van der Waals surface area contributed by atoms with Gasteiger partial charge in [-0.25, -0.2) is 14.6 Å². The molecule has 1 saturated carbocycles. The minimum Gasteiger partial charge on any atom is -0.478 e. The lowest BCUT2D eigenvalue weighted by Gasteiger charge is -2.34. The fraction of sp³-hybridized carbons (Fsp3) is 0.562. The number of amides is 1. The number of alkyl halides is 3. The van der Waals surface area contributed by atoms with E-state index in [2.05, 4.69) is 33.6 Å². The molecule has 9 nitrogen and oxygen atoms in total. The van der Waals surface area contributed by atoms with Gasteiger partial charge in [0.2, 0.25) is 11.8 Å². The van der Waals surface area contributed by atoms with Gasteiger partial charge in [0.1, 0.15) is 5.82 Å². The van der Waals surface area contributed by atoms with Crippen LogP contribution in [0.15, 0.2) is 47.6 Å². The Bertz CT molecular complexity index is 1460. The van der Waals surface area contributed by atoms with Gasteiger partial charge >= 0.3 is 6.18 Å². The number of ether oxygens (including phenoxy) is 2. The van der Waals surface area contributed by atoms with Crippen molar-refractivity contribution in [1.82, 2.24) is 24.5 Å². The van der Waals surface area contributed by atoms with Crippen LogP contribution in [0.25, 0.3) is 5.82 Å². The first-order valence-electron chi connectivity index (χ1n) is 15.6. The Morgan fingerprint density at radius 2 is 1.93 bits per heavy atom. The van der Waals surface area contributed by atoms with Crippen molar-refractivity contribution in [3.8, 4) is 17.6 Å². The van der Waals surface area contributed by atoms with Gasteiger partial charge in [-0.3, -0.25) is 9.52 Å². The van der Waals surface area contributed by atoms with E-state index in [1.165, 1.54) is 16.6 Å². The molecule has 1 N–H and O–H groups in total.